The molecule has 16 nitrogen and oxygen atoms in total. The molecule has 0 aliphatic heterocycles. The summed E-state index contributed by atoms with van der Waals surface area (Å²) in [6.07, 6.45) is 0.666. The van der Waals surface area contributed by atoms with Crippen LogP contribution in [0.4, 0.5) is 0 Å². The SMILES string of the molecule is [N-]=[N+]=NCCOCCOCCC(=O)N(CCOCCOCCC(=O)NCCCl)CCOCCOCCC(=O)NCCNCl. The molecule has 0 aliphatic carbocycles. The molecule has 0 rings (SSSR count). The number of azide groups is 1. The minimum absolute atomic E-state index is 0.109. The Morgan fingerprint density at radius 2 is 1.12 bits per heavy atom. The molecule has 3 amide bonds. The van der Waals surface area contributed by atoms with Crippen LogP contribution >= 0.6 is 23.4 Å². The lowest BCUT2D eigenvalue weighted by Gasteiger charge is -2.23. The molecule has 0 aromatic rings. The van der Waals surface area contributed by atoms with Gasteiger partial charge in [-0.1, -0.05) is 5.11 Å². The van der Waals surface area contributed by atoms with Gasteiger partial charge in [0, 0.05) is 62.9 Å². The first-order valence-electron chi connectivity index (χ1n) is 14.2. The molecule has 0 unspecified atom stereocenters. The summed E-state index contributed by atoms with van der Waals surface area (Å²) in [5, 5.41) is 8.73. The van der Waals surface area contributed by atoms with Gasteiger partial charge < -0.3 is 44.0 Å². The number of rotatable bonds is 32. The summed E-state index contributed by atoms with van der Waals surface area (Å²) < 4.78 is 32.7. The molecule has 0 aromatic heterocycles. The van der Waals surface area contributed by atoms with Gasteiger partial charge in [-0.25, -0.2) is 4.84 Å². The number of alkyl halides is 1. The Labute approximate surface area is 263 Å². The zero-order chi connectivity index (χ0) is 31.6. The van der Waals surface area contributed by atoms with E-state index in [4.69, 9.17) is 57.3 Å². The first-order valence-corrected chi connectivity index (χ1v) is 15.1. The number of nitrogens with zero attached hydrogens (tertiary/aromatic N) is 4. The number of halogens is 2. The van der Waals surface area contributed by atoms with E-state index in [-0.39, 0.29) is 63.3 Å². The summed E-state index contributed by atoms with van der Waals surface area (Å²) in [7, 11) is 0. The summed E-state index contributed by atoms with van der Waals surface area (Å²) in [5.74, 6) is 0.0101. The van der Waals surface area contributed by atoms with Crippen molar-refractivity contribution in [1.29, 1.82) is 0 Å². The van der Waals surface area contributed by atoms with Gasteiger partial charge in [0.15, 0.2) is 0 Å². The number of hydrogen-bond donors (Lipinski definition) is 3. The quantitative estimate of drug-likeness (QED) is 0.0230. The van der Waals surface area contributed by atoms with Crippen LogP contribution in [0.1, 0.15) is 19.3 Å². The van der Waals surface area contributed by atoms with Gasteiger partial charge in [-0.2, -0.15) is 0 Å². The van der Waals surface area contributed by atoms with E-state index in [2.05, 4.69) is 25.5 Å². The molecule has 0 radical (unpaired) electrons. The molecule has 43 heavy (non-hydrogen) atoms. The van der Waals surface area contributed by atoms with E-state index >= 15 is 0 Å². The first kappa shape index (κ1) is 41.0. The number of carbonyl (C=O) groups excluding carboxylic acids is 3. The molecule has 3 N–H and O–H groups in total. The second-order valence-corrected chi connectivity index (χ2v) is 9.18. The summed E-state index contributed by atoms with van der Waals surface area (Å²) in [6, 6.07) is 0. The van der Waals surface area contributed by atoms with E-state index in [1.807, 2.05) is 0 Å². The Bertz CT molecular complexity index is 754. The number of ether oxygens (including phenoxy) is 6. The maximum absolute atomic E-state index is 12.8. The molecule has 0 aromatic carbocycles. The normalized spacial score (nSPS) is 10.7. The van der Waals surface area contributed by atoms with Crippen molar-refractivity contribution in [3.05, 3.63) is 10.4 Å². The first-order chi connectivity index (χ1) is 21.0. The number of nitrogens with one attached hydrogen (secondary N) is 3. The molecule has 250 valence electrons. The minimum atomic E-state index is -0.122. The second kappa shape index (κ2) is 32.9. The lowest BCUT2D eigenvalue weighted by Crippen LogP contribution is -2.37. The Morgan fingerprint density at radius 1 is 0.651 bits per heavy atom. The molecule has 0 fully saturated rings. The van der Waals surface area contributed by atoms with Crippen LogP contribution in [-0.4, -0.2) is 147 Å². The van der Waals surface area contributed by atoms with Crippen molar-refractivity contribution in [2.24, 2.45) is 5.11 Å². The molecule has 0 bridgehead atoms. The number of carbonyl (C=O) groups is 3. The van der Waals surface area contributed by atoms with Crippen molar-refractivity contribution in [1.82, 2.24) is 20.4 Å². The smallest absolute Gasteiger partial charge is 0.225 e. The second-order valence-electron chi connectivity index (χ2n) is 8.53. The summed E-state index contributed by atoms with van der Waals surface area (Å²) >= 11 is 10.9. The van der Waals surface area contributed by atoms with Gasteiger partial charge in [0.1, 0.15) is 0 Å². The predicted octanol–water partition coefficient (Wildman–Crippen LogP) is 0.610. The maximum Gasteiger partial charge on any atom is 0.225 e. The third kappa shape index (κ3) is 29.9. The van der Waals surface area contributed by atoms with E-state index in [1.54, 1.807) is 4.90 Å². The number of amides is 3. The highest BCUT2D eigenvalue weighted by Crippen LogP contribution is 1.98. The van der Waals surface area contributed by atoms with Crippen LogP contribution in [0.3, 0.4) is 0 Å². The van der Waals surface area contributed by atoms with Crippen molar-refractivity contribution in [2.75, 3.05) is 124 Å². The van der Waals surface area contributed by atoms with E-state index in [1.165, 1.54) is 0 Å². The van der Waals surface area contributed by atoms with Crippen molar-refractivity contribution < 1.29 is 42.8 Å². The van der Waals surface area contributed by atoms with Crippen LogP contribution < -0.4 is 15.5 Å². The van der Waals surface area contributed by atoms with Crippen molar-refractivity contribution >= 4 is 41.1 Å². The zero-order valence-corrected chi connectivity index (χ0v) is 26.3. The van der Waals surface area contributed by atoms with Crippen LogP contribution in [-0.2, 0) is 42.8 Å². The fourth-order valence-electron chi connectivity index (χ4n) is 3.09. The average molecular weight is 661 g/mol. The van der Waals surface area contributed by atoms with Gasteiger partial charge >= 0.3 is 0 Å². The molecule has 0 aliphatic rings. The van der Waals surface area contributed by atoms with Crippen LogP contribution in [0.5, 0.6) is 0 Å². The van der Waals surface area contributed by atoms with Crippen LogP contribution in [0, 0.1) is 0 Å². The molecule has 0 heterocycles. The predicted molar refractivity (Wildman–Crippen MR) is 160 cm³/mol. The third-order valence-electron chi connectivity index (χ3n) is 5.24. The monoisotopic (exact) mass is 659 g/mol. The summed E-state index contributed by atoms with van der Waals surface area (Å²) in [4.78, 5) is 42.6. The molecule has 18 heteroatoms. The topological polar surface area (TPSA) is 195 Å². The highest BCUT2D eigenvalue weighted by Gasteiger charge is 2.13. The lowest BCUT2D eigenvalue weighted by atomic mass is 10.3. The van der Waals surface area contributed by atoms with Gasteiger partial charge in [0.05, 0.1) is 85.7 Å². The maximum atomic E-state index is 12.8. The molecule has 0 atom stereocenters. The Hall–Kier alpha value is -1.98. The van der Waals surface area contributed by atoms with Gasteiger partial charge in [-0.05, 0) is 17.3 Å². The Kier molecular flexibility index (Phi) is 31.4. The summed E-state index contributed by atoms with van der Waals surface area (Å²) in [6.45, 7) is 5.94. The largest absolute Gasteiger partial charge is 0.379 e. The molecular weight excluding hydrogens is 613 g/mol. The van der Waals surface area contributed by atoms with E-state index in [0.29, 0.717) is 98.1 Å². The Morgan fingerprint density at radius 3 is 1.60 bits per heavy atom. The highest BCUT2D eigenvalue weighted by atomic mass is 35.5. The highest BCUT2D eigenvalue weighted by molar-refractivity contribution is 6.18. The van der Waals surface area contributed by atoms with Crippen LogP contribution in [0.25, 0.3) is 10.4 Å². The van der Waals surface area contributed by atoms with Crippen LogP contribution in [0.2, 0.25) is 0 Å². The van der Waals surface area contributed by atoms with E-state index in [9.17, 15) is 14.4 Å². The fourth-order valence-corrected chi connectivity index (χ4v) is 3.28. The molecule has 0 saturated heterocycles. The molecular formula is C25H47Cl2N7O9. The third-order valence-corrected chi connectivity index (χ3v) is 5.62. The van der Waals surface area contributed by atoms with Crippen molar-refractivity contribution in [2.45, 2.75) is 19.3 Å². The number of hydrogen-bond acceptors (Lipinski definition) is 11. The zero-order valence-electron chi connectivity index (χ0n) is 24.8. The average Bonchev–Trinajstić information content (AvgIpc) is 3.00. The minimum Gasteiger partial charge on any atom is -0.379 e. The fraction of sp³-hybridized carbons (Fsp3) is 0.880. The van der Waals surface area contributed by atoms with Gasteiger partial charge in [-0.3, -0.25) is 14.4 Å². The standard InChI is InChI=1S/C25H47Cl2N7O9/c26-4-5-29-23(35)1-11-38-18-21-42-15-9-34(25(37)3-13-40-17-20-41-14-8-32-33-28)10-16-43-22-19-39-12-2-24(36)30-6-7-31-27/h31H,1-22H2,(H,29,35)(H,30,36). The molecule has 0 saturated carbocycles. The van der Waals surface area contributed by atoms with Gasteiger partial charge in [-0.15, -0.1) is 11.6 Å². The summed E-state index contributed by atoms with van der Waals surface area (Å²) in [5.41, 5.74) is 8.23. The van der Waals surface area contributed by atoms with Crippen LogP contribution in [0.15, 0.2) is 5.11 Å². The molecule has 0 spiro atoms. The lowest BCUT2D eigenvalue weighted by molar-refractivity contribution is -0.134. The van der Waals surface area contributed by atoms with Gasteiger partial charge in [0.2, 0.25) is 17.7 Å². The van der Waals surface area contributed by atoms with Gasteiger partial charge in [0.25, 0.3) is 0 Å². The van der Waals surface area contributed by atoms with E-state index < -0.39 is 0 Å². The van der Waals surface area contributed by atoms with E-state index in [0.717, 1.165) is 0 Å². The van der Waals surface area contributed by atoms with Crippen molar-refractivity contribution in [3.63, 3.8) is 0 Å². The van der Waals surface area contributed by atoms with Crippen molar-refractivity contribution in [3.8, 4) is 0 Å². The Balaban J connectivity index is 4.20.